The molecule has 2 unspecified atom stereocenters. The molecule has 3 nitrogen and oxygen atoms in total. The molecular formula is C9H11F2N3. The lowest BCUT2D eigenvalue weighted by Crippen LogP contribution is -2.36. The van der Waals surface area contributed by atoms with Crippen molar-refractivity contribution >= 4 is 0 Å². The Hall–Kier alpha value is -1.04. The molecule has 0 radical (unpaired) electrons. The molecule has 1 heterocycles. The Balaban J connectivity index is 2.31. The van der Waals surface area contributed by atoms with Crippen LogP contribution in [-0.2, 0) is 0 Å². The predicted octanol–water partition coefficient (Wildman–Crippen LogP) is 0.789. The Labute approximate surface area is 80.3 Å². The van der Waals surface area contributed by atoms with Crippen LogP contribution in [-0.4, -0.2) is 6.17 Å². The van der Waals surface area contributed by atoms with E-state index in [1.807, 2.05) is 0 Å². The van der Waals surface area contributed by atoms with Gasteiger partial charge in [0.2, 0.25) is 0 Å². The van der Waals surface area contributed by atoms with Gasteiger partial charge in [0.15, 0.2) is 0 Å². The fraction of sp³-hybridized carbons (Fsp3) is 0.333. The summed E-state index contributed by atoms with van der Waals surface area (Å²) in [5, 5.41) is 0. The fourth-order valence-corrected chi connectivity index (χ4v) is 1.61. The van der Waals surface area contributed by atoms with E-state index in [4.69, 9.17) is 5.73 Å². The van der Waals surface area contributed by atoms with Crippen LogP contribution in [0.15, 0.2) is 18.2 Å². The molecule has 0 spiro atoms. The molecule has 0 saturated carbocycles. The molecule has 5 heteroatoms. The monoisotopic (exact) mass is 199 g/mol. The summed E-state index contributed by atoms with van der Waals surface area (Å²) >= 11 is 0. The summed E-state index contributed by atoms with van der Waals surface area (Å²) in [7, 11) is 0. The van der Waals surface area contributed by atoms with Crippen LogP contribution in [0.5, 0.6) is 0 Å². The van der Waals surface area contributed by atoms with Crippen molar-refractivity contribution in [3.8, 4) is 0 Å². The van der Waals surface area contributed by atoms with Crippen molar-refractivity contribution in [1.29, 1.82) is 0 Å². The molecule has 4 N–H and O–H groups in total. The first kappa shape index (κ1) is 9.51. The molecule has 1 aromatic carbocycles. The number of benzene rings is 1. The van der Waals surface area contributed by atoms with Gasteiger partial charge in [0.05, 0.1) is 12.2 Å². The van der Waals surface area contributed by atoms with Gasteiger partial charge in [-0.25, -0.2) is 19.6 Å². The average molecular weight is 199 g/mol. The quantitative estimate of drug-likeness (QED) is 0.626. The van der Waals surface area contributed by atoms with Gasteiger partial charge in [-0.15, -0.1) is 0 Å². The van der Waals surface area contributed by atoms with Gasteiger partial charge in [-0.3, -0.25) is 0 Å². The molecule has 1 aliphatic heterocycles. The minimum atomic E-state index is -0.543. The van der Waals surface area contributed by atoms with Gasteiger partial charge in [-0.2, -0.15) is 0 Å². The highest BCUT2D eigenvalue weighted by molar-refractivity contribution is 5.24. The van der Waals surface area contributed by atoms with Gasteiger partial charge in [0, 0.05) is 5.56 Å². The van der Waals surface area contributed by atoms with Crippen molar-refractivity contribution in [3.05, 3.63) is 35.4 Å². The molecule has 2 rings (SSSR count). The fourth-order valence-electron chi connectivity index (χ4n) is 1.61. The minimum Gasteiger partial charge on any atom is -0.315 e. The third-order valence-electron chi connectivity index (χ3n) is 2.28. The van der Waals surface area contributed by atoms with Crippen molar-refractivity contribution in [2.24, 2.45) is 5.73 Å². The molecule has 14 heavy (non-hydrogen) atoms. The Morgan fingerprint density at radius 2 is 1.86 bits per heavy atom. The Morgan fingerprint density at radius 3 is 2.36 bits per heavy atom. The molecule has 0 amide bonds. The number of nitrogens with one attached hydrogen (secondary N) is 2. The summed E-state index contributed by atoms with van der Waals surface area (Å²) in [6, 6.07) is 3.43. The maximum atomic E-state index is 13.3. The molecule has 1 aliphatic rings. The van der Waals surface area contributed by atoms with Crippen molar-refractivity contribution < 1.29 is 8.78 Å². The summed E-state index contributed by atoms with van der Waals surface area (Å²) in [5.41, 5.74) is 11.1. The summed E-state index contributed by atoms with van der Waals surface area (Å²) in [4.78, 5) is 0. The van der Waals surface area contributed by atoms with Crippen molar-refractivity contribution in [1.82, 2.24) is 10.9 Å². The van der Waals surface area contributed by atoms with Crippen LogP contribution in [0.2, 0.25) is 0 Å². The van der Waals surface area contributed by atoms with Crippen LogP contribution in [0.4, 0.5) is 8.78 Å². The van der Waals surface area contributed by atoms with E-state index in [9.17, 15) is 8.78 Å². The zero-order valence-corrected chi connectivity index (χ0v) is 7.43. The zero-order valence-electron chi connectivity index (χ0n) is 7.43. The molecule has 1 fully saturated rings. The van der Waals surface area contributed by atoms with Gasteiger partial charge >= 0.3 is 0 Å². The van der Waals surface area contributed by atoms with Crippen molar-refractivity contribution in [3.63, 3.8) is 0 Å². The van der Waals surface area contributed by atoms with Gasteiger partial charge < -0.3 is 5.73 Å². The highest BCUT2D eigenvalue weighted by Gasteiger charge is 2.26. The number of rotatable bonds is 1. The van der Waals surface area contributed by atoms with E-state index >= 15 is 0 Å². The van der Waals surface area contributed by atoms with Crippen molar-refractivity contribution in [2.45, 2.75) is 18.6 Å². The molecule has 1 aromatic rings. The average Bonchev–Trinajstić information content (AvgIpc) is 2.51. The first-order chi connectivity index (χ1) is 6.68. The largest absolute Gasteiger partial charge is 0.315 e. The maximum absolute atomic E-state index is 13.3. The Bertz CT molecular complexity index is 323. The maximum Gasteiger partial charge on any atom is 0.130 e. The van der Waals surface area contributed by atoms with E-state index in [-0.39, 0.29) is 11.7 Å². The van der Waals surface area contributed by atoms with Crippen LogP contribution in [0, 0.1) is 11.6 Å². The number of hydrogen-bond acceptors (Lipinski definition) is 3. The lowest BCUT2D eigenvalue weighted by molar-refractivity contribution is 0.490. The smallest absolute Gasteiger partial charge is 0.130 e. The summed E-state index contributed by atoms with van der Waals surface area (Å²) in [6.07, 6.45) is 0.205. The Kier molecular flexibility index (Phi) is 2.45. The number of hydrazine groups is 1. The molecule has 0 bridgehead atoms. The lowest BCUT2D eigenvalue weighted by atomic mass is 10.0. The molecular weight excluding hydrogens is 188 g/mol. The summed E-state index contributed by atoms with van der Waals surface area (Å²) < 4.78 is 26.6. The van der Waals surface area contributed by atoms with E-state index in [1.54, 1.807) is 0 Å². The normalized spacial score (nSPS) is 26.8. The molecule has 0 aromatic heterocycles. The van der Waals surface area contributed by atoms with E-state index < -0.39 is 17.7 Å². The van der Waals surface area contributed by atoms with Gasteiger partial charge in [-0.1, -0.05) is 6.07 Å². The standard InChI is InChI=1S/C9H11F2N3/c10-5-2-1-3-6(11)9(5)7-4-8(12)14-13-7/h1-3,7-8,13-14H,4,12H2. The molecule has 1 saturated heterocycles. The van der Waals surface area contributed by atoms with E-state index in [0.717, 1.165) is 0 Å². The third kappa shape index (κ3) is 1.61. The summed E-state index contributed by atoms with van der Waals surface area (Å²) in [5.74, 6) is -1.09. The lowest BCUT2D eigenvalue weighted by Gasteiger charge is -2.11. The van der Waals surface area contributed by atoms with Crippen LogP contribution < -0.4 is 16.6 Å². The topological polar surface area (TPSA) is 50.1 Å². The second kappa shape index (κ2) is 3.61. The van der Waals surface area contributed by atoms with Crippen LogP contribution in [0.3, 0.4) is 0 Å². The SMILES string of the molecule is NC1CC(c2c(F)cccc2F)NN1. The van der Waals surface area contributed by atoms with Crippen molar-refractivity contribution in [2.75, 3.05) is 0 Å². The second-order valence-electron chi connectivity index (χ2n) is 3.32. The zero-order chi connectivity index (χ0) is 10.1. The number of hydrogen-bond donors (Lipinski definition) is 3. The van der Waals surface area contributed by atoms with Gasteiger partial charge in [0.1, 0.15) is 11.6 Å². The molecule has 76 valence electrons. The highest BCUT2D eigenvalue weighted by atomic mass is 19.1. The number of nitrogens with two attached hydrogens (primary N) is 1. The molecule has 0 aliphatic carbocycles. The third-order valence-corrected chi connectivity index (χ3v) is 2.28. The number of halogens is 2. The minimum absolute atomic E-state index is 0.0490. The van der Waals surface area contributed by atoms with E-state index in [2.05, 4.69) is 10.9 Å². The van der Waals surface area contributed by atoms with E-state index in [0.29, 0.717) is 6.42 Å². The van der Waals surface area contributed by atoms with Crippen LogP contribution in [0.1, 0.15) is 18.0 Å². The Morgan fingerprint density at radius 1 is 1.21 bits per heavy atom. The predicted molar refractivity (Wildman–Crippen MR) is 48.0 cm³/mol. The van der Waals surface area contributed by atoms with Gasteiger partial charge in [-0.05, 0) is 18.6 Å². The van der Waals surface area contributed by atoms with Crippen LogP contribution >= 0.6 is 0 Å². The van der Waals surface area contributed by atoms with Crippen LogP contribution in [0.25, 0.3) is 0 Å². The second-order valence-corrected chi connectivity index (χ2v) is 3.32. The van der Waals surface area contributed by atoms with E-state index in [1.165, 1.54) is 18.2 Å². The van der Waals surface area contributed by atoms with Gasteiger partial charge in [0.25, 0.3) is 0 Å². The first-order valence-electron chi connectivity index (χ1n) is 4.39. The summed E-state index contributed by atoms with van der Waals surface area (Å²) in [6.45, 7) is 0. The highest BCUT2D eigenvalue weighted by Crippen LogP contribution is 2.25. The molecule has 2 atom stereocenters. The first-order valence-corrected chi connectivity index (χ1v) is 4.39.